The van der Waals surface area contributed by atoms with Crippen molar-refractivity contribution in [1.82, 2.24) is 19.8 Å². The van der Waals surface area contributed by atoms with Crippen LogP contribution in [0.25, 0.3) is 5.57 Å². The Morgan fingerprint density at radius 2 is 1.67 bits per heavy atom. The summed E-state index contributed by atoms with van der Waals surface area (Å²) in [7, 11) is 3.59. The van der Waals surface area contributed by atoms with Crippen LogP contribution in [-0.2, 0) is 0 Å². The van der Waals surface area contributed by atoms with Crippen LogP contribution in [0.5, 0.6) is 0 Å². The van der Waals surface area contributed by atoms with Crippen molar-refractivity contribution >= 4 is 11.6 Å². The van der Waals surface area contributed by atoms with Gasteiger partial charge in [-0.15, -0.1) is 0 Å². The molecule has 6 heteroatoms. The molecule has 1 aromatic carbocycles. The predicted octanol–water partition coefficient (Wildman–Crippen LogP) is 2.13. The fourth-order valence-corrected chi connectivity index (χ4v) is 3.29. The molecule has 0 saturated carbocycles. The summed E-state index contributed by atoms with van der Waals surface area (Å²) >= 11 is 0. The van der Waals surface area contributed by atoms with Gasteiger partial charge in [0.05, 0.1) is 0 Å². The third-order valence-electron chi connectivity index (χ3n) is 4.71. The number of rotatable bonds is 2. The van der Waals surface area contributed by atoms with Gasteiger partial charge in [0.15, 0.2) is 0 Å². The van der Waals surface area contributed by atoms with Crippen LogP contribution in [0.4, 0.5) is 9.18 Å². The molecule has 0 spiro atoms. The van der Waals surface area contributed by atoms with Crippen LogP contribution in [-0.4, -0.2) is 79.2 Å². The van der Waals surface area contributed by atoms with E-state index < -0.39 is 0 Å². The summed E-state index contributed by atoms with van der Waals surface area (Å²) in [5.74, 6) is -0.193. The van der Waals surface area contributed by atoms with E-state index >= 15 is 0 Å². The Morgan fingerprint density at radius 3 is 2.21 bits per heavy atom. The first-order valence-corrected chi connectivity index (χ1v) is 8.45. The number of piperazine rings is 1. The van der Waals surface area contributed by atoms with Gasteiger partial charge in [0.25, 0.3) is 0 Å². The molecule has 0 N–H and O–H groups in total. The largest absolute Gasteiger partial charge is 0.331 e. The zero-order valence-corrected chi connectivity index (χ0v) is 14.4. The van der Waals surface area contributed by atoms with E-state index in [1.807, 2.05) is 17.0 Å². The second-order valence-electron chi connectivity index (χ2n) is 6.52. The molecular weight excluding hydrogens is 307 g/mol. The molecule has 0 radical (unpaired) electrons. The molecule has 0 atom stereocenters. The molecule has 0 bridgehead atoms. The Kier molecular flexibility index (Phi) is 5.16. The monoisotopic (exact) mass is 332 g/mol. The quantitative estimate of drug-likeness (QED) is 0.831. The van der Waals surface area contributed by atoms with E-state index in [9.17, 15) is 9.18 Å². The van der Waals surface area contributed by atoms with Gasteiger partial charge in [-0.05, 0) is 29.7 Å². The summed E-state index contributed by atoms with van der Waals surface area (Å²) in [4.78, 5) is 15.5. The van der Waals surface area contributed by atoms with Crippen LogP contribution >= 0.6 is 0 Å². The Labute approximate surface area is 142 Å². The van der Waals surface area contributed by atoms with Crippen molar-refractivity contribution in [3.8, 4) is 0 Å². The highest BCUT2D eigenvalue weighted by atomic mass is 19.1. The number of carbonyl (C=O) groups excluding carboxylic acids is 1. The number of nitrogens with zero attached hydrogens (tertiary/aromatic N) is 4. The Hall–Kier alpha value is -1.92. The number of hydrazine groups is 1. The highest BCUT2D eigenvalue weighted by molar-refractivity contribution is 5.73. The molecule has 2 aliphatic heterocycles. The Balaban J connectivity index is 1.54. The van der Waals surface area contributed by atoms with E-state index in [1.54, 1.807) is 19.0 Å². The highest BCUT2D eigenvalue weighted by Gasteiger charge is 2.26. The lowest BCUT2D eigenvalue weighted by atomic mass is 10.00. The normalized spacial score (nSPS) is 20.0. The minimum absolute atomic E-state index is 0.0896. The summed E-state index contributed by atoms with van der Waals surface area (Å²) in [6, 6.07) is 6.82. The van der Waals surface area contributed by atoms with E-state index in [-0.39, 0.29) is 11.8 Å². The van der Waals surface area contributed by atoms with E-state index in [0.717, 1.165) is 51.3 Å². The number of halogens is 1. The smallest absolute Gasteiger partial charge is 0.319 e. The molecule has 5 nitrogen and oxygen atoms in total. The van der Waals surface area contributed by atoms with Gasteiger partial charge in [-0.2, -0.15) is 0 Å². The van der Waals surface area contributed by atoms with E-state index in [2.05, 4.69) is 16.1 Å². The van der Waals surface area contributed by atoms with Gasteiger partial charge in [-0.25, -0.2) is 19.2 Å². The lowest BCUT2D eigenvalue weighted by Crippen LogP contribution is -2.57. The van der Waals surface area contributed by atoms with Crippen LogP contribution < -0.4 is 0 Å². The molecule has 2 aliphatic rings. The Bertz CT molecular complexity index is 606. The van der Waals surface area contributed by atoms with Gasteiger partial charge < -0.3 is 9.80 Å². The van der Waals surface area contributed by atoms with Crippen molar-refractivity contribution in [2.24, 2.45) is 0 Å². The molecule has 2 heterocycles. The lowest BCUT2D eigenvalue weighted by molar-refractivity contribution is -0.0441. The zero-order chi connectivity index (χ0) is 17.1. The van der Waals surface area contributed by atoms with Crippen molar-refractivity contribution < 1.29 is 9.18 Å². The molecule has 3 rings (SSSR count). The van der Waals surface area contributed by atoms with Crippen LogP contribution in [0, 0.1) is 5.82 Å². The number of hydrogen-bond acceptors (Lipinski definition) is 3. The van der Waals surface area contributed by atoms with Gasteiger partial charge >= 0.3 is 6.03 Å². The van der Waals surface area contributed by atoms with Crippen LogP contribution in [0.15, 0.2) is 30.3 Å². The maximum absolute atomic E-state index is 13.0. The summed E-state index contributed by atoms with van der Waals surface area (Å²) in [5.41, 5.74) is 2.39. The van der Waals surface area contributed by atoms with Gasteiger partial charge in [0.2, 0.25) is 0 Å². The van der Waals surface area contributed by atoms with Gasteiger partial charge in [0.1, 0.15) is 5.82 Å². The first-order valence-electron chi connectivity index (χ1n) is 8.45. The first-order chi connectivity index (χ1) is 11.5. The number of benzene rings is 1. The maximum Gasteiger partial charge on any atom is 0.319 e. The van der Waals surface area contributed by atoms with Crippen molar-refractivity contribution in [2.45, 2.75) is 6.42 Å². The minimum Gasteiger partial charge on any atom is -0.331 e. The second kappa shape index (κ2) is 7.32. The predicted molar refractivity (Wildman–Crippen MR) is 92.8 cm³/mol. The number of carbonyl (C=O) groups is 1. The Morgan fingerprint density at radius 1 is 1.00 bits per heavy atom. The van der Waals surface area contributed by atoms with Crippen LogP contribution in [0.3, 0.4) is 0 Å². The molecular formula is C18H25FN4O. The number of hydrogen-bond donors (Lipinski definition) is 0. The standard InChI is InChI=1S/C18H25FN4O/c1-20(2)18(24)21-11-13-23(14-12-21)22-9-7-16(8-10-22)15-3-5-17(19)6-4-15/h3-7H,8-14H2,1-2H3. The van der Waals surface area contributed by atoms with Crippen molar-refractivity contribution in [2.75, 3.05) is 53.4 Å². The number of urea groups is 1. The summed E-state index contributed by atoms with van der Waals surface area (Å²) in [6.07, 6.45) is 3.19. The summed E-state index contributed by atoms with van der Waals surface area (Å²) in [6.45, 7) is 5.11. The van der Waals surface area contributed by atoms with Gasteiger partial charge in [-0.1, -0.05) is 18.2 Å². The van der Waals surface area contributed by atoms with Gasteiger partial charge in [-0.3, -0.25) is 0 Å². The van der Waals surface area contributed by atoms with Crippen molar-refractivity contribution in [3.63, 3.8) is 0 Å². The fraction of sp³-hybridized carbons (Fsp3) is 0.500. The molecule has 2 amide bonds. The average molecular weight is 332 g/mol. The topological polar surface area (TPSA) is 30.0 Å². The lowest BCUT2D eigenvalue weighted by Gasteiger charge is -2.42. The third kappa shape index (κ3) is 3.76. The van der Waals surface area contributed by atoms with E-state index in [4.69, 9.17) is 0 Å². The first kappa shape index (κ1) is 16.9. The molecule has 0 aliphatic carbocycles. The van der Waals surface area contributed by atoms with Crippen LogP contribution in [0.2, 0.25) is 0 Å². The fourth-order valence-electron chi connectivity index (χ4n) is 3.29. The van der Waals surface area contributed by atoms with Crippen molar-refractivity contribution in [1.29, 1.82) is 0 Å². The SMILES string of the molecule is CN(C)C(=O)N1CCN(N2CC=C(c3ccc(F)cc3)CC2)CC1. The zero-order valence-electron chi connectivity index (χ0n) is 14.4. The summed E-state index contributed by atoms with van der Waals surface area (Å²) in [5, 5.41) is 4.70. The molecule has 0 aromatic heterocycles. The number of amides is 2. The van der Waals surface area contributed by atoms with E-state index in [0.29, 0.717) is 0 Å². The van der Waals surface area contributed by atoms with Crippen LogP contribution in [0.1, 0.15) is 12.0 Å². The minimum atomic E-state index is -0.193. The summed E-state index contributed by atoms with van der Waals surface area (Å²) < 4.78 is 13.0. The van der Waals surface area contributed by atoms with Gasteiger partial charge in [0, 0.05) is 53.4 Å². The van der Waals surface area contributed by atoms with E-state index in [1.165, 1.54) is 17.7 Å². The third-order valence-corrected chi connectivity index (χ3v) is 4.71. The molecule has 24 heavy (non-hydrogen) atoms. The van der Waals surface area contributed by atoms with Crippen molar-refractivity contribution in [3.05, 3.63) is 41.7 Å². The maximum atomic E-state index is 13.0. The second-order valence-corrected chi connectivity index (χ2v) is 6.52. The molecule has 1 aromatic rings. The molecule has 1 saturated heterocycles. The average Bonchev–Trinajstić information content (AvgIpc) is 2.62. The highest BCUT2D eigenvalue weighted by Crippen LogP contribution is 2.23. The molecule has 130 valence electrons. The molecule has 1 fully saturated rings. The molecule has 0 unspecified atom stereocenters.